The maximum Gasteiger partial charge on any atom is 0.115 e. The molecule has 1 rings (SSSR count). The average molecular weight is 179 g/mol. The molecule has 0 heterocycles. The van der Waals surface area contributed by atoms with Crippen molar-refractivity contribution >= 4 is 18.9 Å². The van der Waals surface area contributed by atoms with Crippen molar-refractivity contribution in [3.8, 4) is 0 Å². The lowest BCUT2D eigenvalue weighted by molar-refractivity contribution is 1.06. The quantitative estimate of drug-likeness (QED) is 0.610. The van der Waals surface area contributed by atoms with Gasteiger partial charge >= 0.3 is 0 Å². The van der Waals surface area contributed by atoms with Gasteiger partial charge < -0.3 is 0 Å². The summed E-state index contributed by atoms with van der Waals surface area (Å²) in [5, 5.41) is 0.862. The maximum absolute atomic E-state index is 6.00. The van der Waals surface area contributed by atoms with Gasteiger partial charge in [0.1, 0.15) is 7.28 Å². The van der Waals surface area contributed by atoms with Gasteiger partial charge in [0.2, 0.25) is 0 Å². The first kappa shape index (κ1) is 9.66. The highest BCUT2D eigenvalue weighted by molar-refractivity contribution is 6.36. The van der Waals surface area contributed by atoms with Crippen molar-refractivity contribution in [1.29, 1.82) is 0 Å². The van der Waals surface area contributed by atoms with Gasteiger partial charge in [-0.25, -0.2) is 0 Å². The fourth-order valence-electron chi connectivity index (χ4n) is 1.08. The second-order valence-electron chi connectivity index (χ2n) is 3.13. The molecule has 1 aromatic rings. The Balaban J connectivity index is 2.96. The zero-order valence-corrected chi connectivity index (χ0v) is 8.52. The Hall–Kier alpha value is -0.425. The average Bonchev–Trinajstić information content (AvgIpc) is 2.08. The van der Waals surface area contributed by atoms with Gasteiger partial charge in [-0.3, -0.25) is 0 Å². The molecule has 0 bridgehead atoms. The summed E-state index contributed by atoms with van der Waals surface area (Å²) in [6.07, 6.45) is 0. The highest BCUT2D eigenvalue weighted by Crippen LogP contribution is 2.21. The van der Waals surface area contributed by atoms with E-state index >= 15 is 0 Å². The molecule has 1 radical (unpaired) electrons. The van der Waals surface area contributed by atoms with E-state index in [1.165, 1.54) is 5.56 Å². The molecule has 12 heavy (non-hydrogen) atoms. The number of aryl methyl sites for hydroxylation is 1. The van der Waals surface area contributed by atoms with E-state index < -0.39 is 0 Å². The van der Waals surface area contributed by atoms with E-state index in [4.69, 9.17) is 11.6 Å². The number of hydrogen-bond donors (Lipinski definition) is 0. The Morgan fingerprint density at radius 3 is 2.58 bits per heavy atom. The number of benzene rings is 1. The zero-order chi connectivity index (χ0) is 9.14. The van der Waals surface area contributed by atoms with Crippen molar-refractivity contribution in [2.24, 2.45) is 0 Å². The Bertz CT molecular complexity index is 271. The number of hydrogen-bond acceptors (Lipinski definition) is 0. The standard InChI is InChI=1S/C10H13BCl/c1-7-4-5-9(6-10(7)12)8(2)11-3/h4-6,8H,1-3H3. The van der Waals surface area contributed by atoms with Crippen LogP contribution < -0.4 is 0 Å². The van der Waals surface area contributed by atoms with Crippen LogP contribution in [0.1, 0.15) is 23.9 Å². The van der Waals surface area contributed by atoms with Crippen LogP contribution in [0.3, 0.4) is 0 Å². The maximum atomic E-state index is 6.00. The van der Waals surface area contributed by atoms with Gasteiger partial charge in [0, 0.05) is 5.02 Å². The minimum absolute atomic E-state index is 0.489. The summed E-state index contributed by atoms with van der Waals surface area (Å²) < 4.78 is 0. The molecule has 0 nitrogen and oxygen atoms in total. The highest BCUT2D eigenvalue weighted by Gasteiger charge is 2.04. The molecule has 0 aliphatic rings. The van der Waals surface area contributed by atoms with Crippen LogP contribution in [0.2, 0.25) is 11.8 Å². The first-order valence-electron chi connectivity index (χ1n) is 4.20. The van der Waals surface area contributed by atoms with Crippen molar-refractivity contribution < 1.29 is 0 Å². The summed E-state index contributed by atoms with van der Waals surface area (Å²) >= 11 is 6.00. The summed E-state index contributed by atoms with van der Waals surface area (Å²) in [6.45, 7) is 6.26. The van der Waals surface area contributed by atoms with Crippen molar-refractivity contribution in [2.45, 2.75) is 26.5 Å². The van der Waals surface area contributed by atoms with Gasteiger partial charge in [0.25, 0.3) is 0 Å². The molecule has 1 unspecified atom stereocenters. The molecule has 1 atom stereocenters. The third-order valence-corrected chi connectivity index (χ3v) is 2.63. The predicted octanol–water partition coefficient (Wildman–Crippen LogP) is 3.46. The lowest BCUT2D eigenvalue weighted by atomic mass is 9.65. The SMILES string of the molecule is C[B]C(C)c1ccc(C)c(Cl)c1. The van der Waals surface area contributed by atoms with Crippen LogP contribution in [0.15, 0.2) is 18.2 Å². The molecule has 0 spiro atoms. The molecule has 0 aliphatic heterocycles. The largest absolute Gasteiger partial charge is 0.115 e. The molecule has 63 valence electrons. The van der Waals surface area contributed by atoms with Gasteiger partial charge in [-0.2, -0.15) is 0 Å². The van der Waals surface area contributed by atoms with Crippen molar-refractivity contribution in [1.82, 2.24) is 0 Å². The minimum atomic E-state index is 0.489. The second kappa shape index (κ2) is 4.00. The summed E-state index contributed by atoms with van der Waals surface area (Å²) in [6, 6.07) is 6.24. The van der Waals surface area contributed by atoms with Crippen molar-refractivity contribution in [2.75, 3.05) is 0 Å². The molecule has 0 fully saturated rings. The lowest BCUT2D eigenvalue weighted by Gasteiger charge is -2.09. The third-order valence-electron chi connectivity index (χ3n) is 2.22. The first-order valence-corrected chi connectivity index (χ1v) is 4.58. The Morgan fingerprint density at radius 1 is 1.42 bits per heavy atom. The van der Waals surface area contributed by atoms with E-state index in [0.717, 1.165) is 10.6 Å². The third kappa shape index (κ3) is 2.04. The normalized spacial score (nSPS) is 12.7. The molecule has 1 aromatic carbocycles. The zero-order valence-electron chi connectivity index (χ0n) is 7.76. The molecule has 2 heteroatoms. The van der Waals surface area contributed by atoms with Crippen LogP contribution in [-0.2, 0) is 0 Å². The Morgan fingerprint density at radius 2 is 2.08 bits per heavy atom. The van der Waals surface area contributed by atoms with Crippen LogP contribution in [-0.4, -0.2) is 7.28 Å². The smallest absolute Gasteiger partial charge is 0.0914 e. The van der Waals surface area contributed by atoms with Gasteiger partial charge in [0.15, 0.2) is 0 Å². The fraction of sp³-hybridized carbons (Fsp3) is 0.400. The molecule has 0 saturated heterocycles. The predicted molar refractivity (Wildman–Crippen MR) is 56.2 cm³/mol. The first-order chi connectivity index (χ1) is 5.65. The molecule has 0 aromatic heterocycles. The number of rotatable bonds is 2. The summed E-state index contributed by atoms with van der Waals surface area (Å²) in [5.74, 6) is 0.489. The lowest BCUT2D eigenvalue weighted by Crippen LogP contribution is -1.99. The summed E-state index contributed by atoms with van der Waals surface area (Å²) in [4.78, 5) is 0. The minimum Gasteiger partial charge on any atom is -0.0914 e. The van der Waals surface area contributed by atoms with Crippen LogP contribution in [0.25, 0.3) is 0 Å². The van der Waals surface area contributed by atoms with Gasteiger partial charge in [-0.15, -0.1) is 0 Å². The van der Waals surface area contributed by atoms with Crippen LogP contribution in [0, 0.1) is 6.92 Å². The Labute approximate surface area is 80.2 Å². The van der Waals surface area contributed by atoms with E-state index in [-0.39, 0.29) is 0 Å². The van der Waals surface area contributed by atoms with E-state index in [2.05, 4.69) is 33.2 Å². The van der Waals surface area contributed by atoms with E-state index in [1.54, 1.807) is 0 Å². The van der Waals surface area contributed by atoms with Gasteiger partial charge in [-0.05, 0) is 24.4 Å². The van der Waals surface area contributed by atoms with Gasteiger partial charge in [0.05, 0.1) is 0 Å². The van der Waals surface area contributed by atoms with Crippen molar-refractivity contribution in [3.63, 3.8) is 0 Å². The topological polar surface area (TPSA) is 0 Å². The van der Waals surface area contributed by atoms with Crippen LogP contribution >= 0.6 is 11.6 Å². The number of halogens is 1. The molecular formula is C10H13BCl. The highest BCUT2D eigenvalue weighted by atomic mass is 35.5. The summed E-state index contributed by atoms with van der Waals surface area (Å²) in [7, 11) is 2.17. The Kier molecular flexibility index (Phi) is 3.22. The van der Waals surface area contributed by atoms with E-state index in [1.807, 2.05) is 13.0 Å². The molecule has 0 saturated carbocycles. The van der Waals surface area contributed by atoms with Crippen LogP contribution in [0.5, 0.6) is 0 Å². The van der Waals surface area contributed by atoms with E-state index in [0.29, 0.717) is 5.82 Å². The molecule has 0 aliphatic carbocycles. The molecule has 0 amide bonds. The van der Waals surface area contributed by atoms with E-state index in [9.17, 15) is 0 Å². The van der Waals surface area contributed by atoms with Crippen molar-refractivity contribution in [3.05, 3.63) is 34.3 Å². The fourth-order valence-corrected chi connectivity index (χ4v) is 1.27. The molecular weight excluding hydrogens is 166 g/mol. The summed E-state index contributed by atoms with van der Waals surface area (Å²) in [5.41, 5.74) is 2.43. The van der Waals surface area contributed by atoms with Crippen LogP contribution in [0.4, 0.5) is 0 Å². The molecule has 0 N–H and O–H groups in total. The van der Waals surface area contributed by atoms with Gasteiger partial charge in [-0.1, -0.05) is 43.0 Å². The second-order valence-corrected chi connectivity index (χ2v) is 3.54. The monoisotopic (exact) mass is 179 g/mol.